The lowest BCUT2D eigenvalue weighted by Gasteiger charge is -2.07. The van der Waals surface area contributed by atoms with Crippen LogP contribution in [0.15, 0.2) is 91.0 Å². The van der Waals surface area contributed by atoms with E-state index in [-0.39, 0.29) is 5.57 Å². The Morgan fingerprint density at radius 1 is 0.724 bits per heavy atom. The number of carboxylic acid groups (broad SMARTS) is 1. The maximum absolute atomic E-state index is 12.4. The van der Waals surface area contributed by atoms with Crippen LogP contribution in [0, 0.1) is 0 Å². The highest BCUT2D eigenvalue weighted by molar-refractivity contribution is 6.52. The number of hydrogen-bond acceptors (Lipinski definition) is 3. The molecule has 4 rings (SSSR count). The van der Waals surface area contributed by atoms with Crippen LogP contribution >= 0.6 is 0 Å². The molecule has 1 heterocycles. The molecule has 0 fully saturated rings. The van der Waals surface area contributed by atoms with Gasteiger partial charge in [0.15, 0.2) is 0 Å². The van der Waals surface area contributed by atoms with Crippen LogP contribution in [0.2, 0.25) is 0 Å². The Morgan fingerprint density at radius 2 is 1.38 bits per heavy atom. The second-order valence-electron chi connectivity index (χ2n) is 6.57. The van der Waals surface area contributed by atoms with Crippen LogP contribution in [0.3, 0.4) is 0 Å². The van der Waals surface area contributed by atoms with E-state index in [1.54, 1.807) is 12.1 Å². The van der Waals surface area contributed by atoms with Crippen molar-refractivity contribution in [2.75, 3.05) is 0 Å². The van der Waals surface area contributed by atoms with E-state index >= 15 is 0 Å². The number of carboxylic acids is 1. The van der Waals surface area contributed by atoms with Gasteiger partial charge in [0.2, 0.25) is 0 Å². The van der Waals surface area contributed by atoms with Crippen LogP contribution in [-0.4, -0.2) is 21.8 Å². The summed E-state index contributed by atoms with van der Waals surface area (Å²) < 4.78 is 0. The first-order valence-corrected chi connectivity index (χ1v) is 9.13. The Kier molecular flexibility index (Phi) is 4.99. The van der Waals surface area contributed by atoms with Gasteiger partial charge in [0.1, 0.15) is 0 Å². The van der Waals surface area contributed by atoms with Crippen molar-refractivity contribution >= 4 is 34.3 Å². The Balaban J connectivity index is 1.75. The van der Waals surface area contributed by atoms with Crippen LogP contribution in [0.25, 0.3) is 33.7 Å². The minimum Gasteiger partial charge on any atom is -0.475 e. The third-order valence-corrected chi connectivity index (χ3v) is 4.64. The molecule has 0 saturated heterocycles. The quantitative estimate of drug-likeness (QED) is 0.387. The number of Topliss-reactive ketones (excluding diaryl/α,β-unsaturated/α-hetero) is 1. The molecule has 4 aromatic rings. The van der Waals surface area contributed by atoms with Crippen molar-refractivity contribution in [3.05, 3.63) is 102 Å². The predicted molar refractivity (Wildman–Crippen MR) is 114 cm³/mol. The standard InChI is InChI=1S/C25H17NO3/c27-24(25(28)29)21(23-15-14-20-8-4-5-9-22(20)26-23)16-17-10-12-19(13-11-17)18-6-2-1-3-7-18/h1-16H,(H,28,29)/b21-16-. The SMILES string of the molecule is O=C(O)C(=O)/C(=C\c1ccc(-c2ccccc2)cc1)c1ccc2ccccc2n1. The van der Waals surface area contributed by atoms with Crippen LogP contribution < -0.4 is 0 Å². The molecule has 0 saturated carbocycles. The molecule has 0 aliphatic rings. The molecule has 0 aliphatic carbocycles. The van der Waals surface area contributed by atoms with Gasteiger partial charge in [0.25, 0.3) is 5.78 Å². The van der Waals surface area contributed by atoms with Crippen molar-refractivity contribution in [1.29, 1.82) is 0 Å². The lowest BCUT2D eigenvalue weighted by atomic mass is 10.00. The number of carbonyl (C=O) groups is 2. The highest BCUT2D eigenvalue weighted by Gasteiger charge is 2.21. The zero-order valence-electron chi connectivity index (χ0n) is 15.4. The van der Waals surface area contributed by atoms with Gasteiger partial charge in [-0.25, -0.2) is 9.78 Å². The Bertz CT molecular complexity index is 1230. The van der Waals surface area contributed by atoms with Gasteiger partial charge in [0, 0.05) is 5.39 Å². The number of rotatable bonds is 5. The Morgan fingerprint density at radius 3 is 2.10 bits per heavy atom. The number of aromatic nitrogens is 1. The van der Waals surface area contributed by atoms with Crippen molar-refractivity contribution < 1.29 is 14.7 Å². The number of benzene rings is 3. The fraction of sp³-hybridized carbons (Fsp3) is 0. The molecule has 0 amide bonds. The van der Waals surface area contributed by atoms with Gasteiger partial charge >= 0.3 is 5.97 Å². The molecule has 29 heavy (non-hydrogen) atoms. The number of ketones is 1. The molecule has 0 aliphatic heterocycles. The first kappa shape index (κ1) is 18.3. The molecule has 1 N–H and O–H groups in total. The summed E-state index contributed by atoms with van der Waals surface area (Å²) >= 11 is 0. The fourth-order valence-electron chi connectivity index (χ4n) is 3.16. The number of aliphatic carboxylic acids is 1. The molecule has 1 aromatic heterocycles. The fourth-order valence-corrected chi connectivity index (χ4v) is 3.16. The third-order valence-electron chi connectivity index (χ3n) is 4.64. The number of carbonyl (C=O) groups excluding carboxylic acids is 1. The summed E-state index contributed by atoms with van der Waals surface area (Å²) in [5, 5.41) is 10.2. The highest BCUT2D eigenvalue weighted by Crippen LogP contribution is 2.24. The topological polar surface area (TPSA) is 67.3 Å². The molecule has 0 radical (unpaired) electrons. The van der Waals surface area contributed by atoms with Gasteiger partial charge in [-0.15, -0.1) is 0 Å². The van der Waals surface area contributed by atoms with E-state index in [2.05, 4.69) is 4.98 Å². The van der Waals surface area contributed by atoms with Gasteiger partial charge in [-0.3, -0.25) is 4.79 Å². The van der Waals surface area contributed by atoms with Crippen molar-refractivity contribution in [1.82, 2.24) is 4.98 Å². The van der Waals surface area contributed by atoms with Gasteiger partial charge in [-0.2, -0.15) is 0 Å². The van der Waals surface area contributed by atoms with E-state index in [1.807, 2.05) is 84.9 Å². The summed E-state index contributed by atoms with van der Waals surface area (Å²) in [5.74, 6) is -2.49. The zero-order chi connectivity index (χ0) is 20.2. The van der Waals surface area contributed by atoms with Crippen molar-refractivity contribution in [3.63, 3.8) is 0 Å². The average molecular weight is 379 g/mol. The van der Waals surface area contributed by atoms with Crippen molar-refractivity contribution in [2.24, 2.45) is 0 Å². The van der Waals surface area contributed by atoms with Crippen LogP contribution in [0.1, 0.15) is 11.3 Å². The molecule has 3 aromatic carbocycles. The molecule has 0 spiro atoms. The smallest absolute Gasteiger partial charge is 0.377 e. The first-order valence-electron chi connectivity index (χ1n) is 9.13. The highest BCUT2D eigenvalue weighted by atomic mass is 16.4. The Labute approximate surface area is 167 Å². The zero-order valence-corrected chi connectivity index (χ0v) is 15.4. The van der Waals surface area contributed by atoms with E-state index < -0.39 is 11.8 Å². The van der Waals surface area contributed by atoms with Gasteiger partial charge in [-0.1, -0.05) is 78.9 Å². The number of fused-ring (bicyclic) bond motifs is 1. The second kappa shape index (κ2) is 7.90. The molecule has 4 heteroatoms. The first-order chi connectivity index (χ1) is 14.1. The molecule has 140 valence electrons. The van der Waals surface area contributed by atoms with Crippen molar-refractivity contribution in [2.45, 2.75) is 0 Å². The number of pyridine rings is 1. The second-order valence-corrected chi connectivity index (χ2v) is 6.57. The number of nitrogens with zero attached hydrogens (tertiary/aromatic N) is 1. The predicted octanol–water partition coefficient (Wildman–Crippen LogP) is 5.10. The molecular formula is C25H17NO3. The maximum atomic E-state index is 12.4. The molecule has 4 nitrogen and oxygen atoms in total. The summed E-state index contributed by atoms with van der Waals surface area (Å²) in [6.45, 7) is 0. The average Bonchev–Trinajstić information content (AvgIpc) is 2.77. The summed E-state index contributed by atoms with van der Waals surface area (Å²) in [6.07, 6.45) is 1.57. The van der Waals surface area contributed by atoms with Gasteiger partial charge in [0.05, 0.1) is 16.8 Å². The lowest BCUT2D eigenvalue weighted by Crippen LogP contribution is -2.15. The summed E-state index contributed by atoms with van der Waals surface area (Å²) in [5.41, 5.74) is 3.94. The third kappa shape index (κ3) is 3.96. The van der Waals surface area contributed by atoms with Crippen molar-refractivity contribution in [3.8, 4) is 11.1 Å². The minimum absolute atomic E-state index is 0.0516. The number of hydrogen-bond donors (Lipinski definition) is 1. The molecular weight excluding hydrogens is 362 g/mol. The van der Waals surface area contributed by atoms with Gasteiger partial charge in [-0.05, 0) is 34.9 Å². The summed E-state index contributed by atoms with van der Waals surface area (Å²) in [4.78, 5) is 28.2. The largest absolute Gasteiger partial charge is 0.475 e. The number of para-hydroxylation sites is 1. The summed E-state index contributed by atoms with van der Waals surface area (Å²) in [7, 11) is 0. The monoisotopic (exact) mass is 379 g/mol. The molecule has 0 atom stereocenters. The van der Waals surface area contributed by atoms with Gasteiger partial charge < -0.3 is 5.11 Å². The van der Waals surface area contributed by atoms with Crippen LogP contribution in [0.4, 0.5) is 0 Å². The van der Waals surface area contributed by atoms with Crippen LogP contribution in [-0.2, 0) is 9.59 Å². The molecule has 0 bridgehead atoms. The van der Waals surface area contributed by atoms with E-state index in [1.165, 1.54) is 0 Å². The Hall–Kier alpha value is -4.05. The van der Waals surface area contributed by atoms with E-state index in [0.717, 1.165) is 22.1 Å². The maximum Gasteiger partial charge on any atom is 0.377 e. The minimum atomic E-state index is -1.51. The molecule has 0 unspecified atom stereocenters. The van der Waals surface area contributed by atoms with Crippen LogP contribution in [0.5, 0.6) is 0 Å². The lowest BCUT2D eigenvalue weighted by molar-refractivity contribution is -0.146. The van der Waals surface area contributed by atoms with E-state index in [0.29, 0.717) is 11.2 Å². The van der Waals surface area contributed by atoms with E-state index in [4.69, 9.17) is 0 Å². The normalized spacial score (nSPS) is 11.4. The summed E-state index contributed by atoms with van der Waals surface area (Å²) in [6, 6.07) is 28.5. The van der Waals surface area contributed by atoms with E-state index in [9.17, 15) is 14.7 Å².